The van der Waals surface area contributed by atoms with Crippen LogP contribution < -0.4 is 16.0 Å². The highest BCUT2D eigenvalue weighted by Gasteiger charge is 2.46. The Labute approximate surface area is 246 Å². The molecule has 5 unspecified atom stereocenters. The fraction of sp³-hybridized carbons (Fsp3) is 0.600. The van der Waals surface area contributed by atoms with E-state index in [0.29, 0.717) is 31.0 Å². The minimum Gasteiger partial charge on any atom is -0.468 e. The van der Waals surface area contributed by atoms with Crippen molar-refractivity contribution in [3.05, 3.63) is 59.5 Å². The summed E-state index contributed by atoms with van der Waals surface area (Å²) in [7, 11) is 0. The Morgan fingerprint density at radius 3 is 2.62 bits per heavy atom. The number of nitrogens with one attached hydrogen (secondary N) is 3. The molecule has 212 valence electrons. The van der Waals surface area contributed by atoms with E-state index in [0.717, 1.165) is 65.6 Å². The van der Waals surface area contributed by atoms with Gasteiger partial charge in [-0.05, 0) is 91.8 Å². The van der Waals surface area contributed by atoms with E-state index in [-0.39, 0.29) is 12.0 Å². The zero-order valence-corrected chi connectivity index (χ0v) is 25.0. The average molecular weight is 588 g/mol. The lowest BCUT2D eigenvalue weighted by atomic mass is 9.81. The number of hydrogen-bond donors (Lipinski definition) is 3. The number of ether oxygens (including phenoxy) is 1. The van der Waals surface area contributed by atoms with Crippen LogP contribution in [0, 0.1) is 11.8 Å². The van der Waals surface area contributed by atoms with Crippen LogP contribution >= 0.6 is 35.7 Å². The highest BCUT2D eigenvalue weighted by atomic mass is 32.2. The molecule has 5 atom stereocenters. The van der Waals surface area contributed by atoms with E-state index in [2.05, 4.69) is 40.2 Å². The van der Waals surface area contributed by atoms with Crippen LogP contribution in [0.1, 0.15) is 61.3 Å². The molecular formula is C30H41N3O3S3. The van der Waals surface area contributed by atoms with Crippen molar-refractivity contribution < 1.29 is 13.9 Å². The maximum absolute atomic E-state index is 12.2. The Morgan fingerprint density at radius 2 is 1.85 bits per heavy atom. The van der Waals surface area contributed by atoms with Crippen LogP contribution in [0.4, 0.5) is 0 Å². The number of hydrogen-bond acceptors (Lipinski definition) is 6. The normalized spacial score (nSPS) is 25.9. The number of carbonyl (C=O) groups is 1. The van der Waals surface area contributed by atoms with E-state index in [1.807, 2.05) is 35.7 Å². The van der Waals surface area contributed by atoms with Crippen molar-refractivity contribution >= 4 is 46.8 Å². The van der Waals surface area contributed by atoms with Gasteiger partial charge >= 0.3 is 0 Å². The van der Waals surface area contributed by atoms with E-state index in [1.54, 1.807) is 6.26 Å². The second-order valence-electron chi connectivity index (χ2n) is 10.9. The smallest absolute Gasteiger partial charge is 0.249 e. The van der Waals surface area contributed by atoms with Crippen molar-refractivity contribution in [1.29, 1.82) is 0 Å². The maximum atomic E-state index is 12.2. The topological polar surface area (TPSA) is 75.5 Å². The molecule has 2 aromatic rings. The van der Waals surface area contributed by atoms with Crippen LogP contribution in [0.3, 0.4) is 0 Å². The fourth-order valence-electron chi connectivity index (χ4n) is 6.30. The molecule has 6 nitrogen and oxygen atoms in total. The molecule has 1 amide bonds. The molecule has 2 aliphatic carbocycles. The molecule has 1 aromatic carbocycles. The molecule has 5 rings (SSSR count). The summed E-state index contributed by atoms with van der Waals surface area (Å²) in [5.74, 6) is 6.96. The Bertz CT molecular complexity index is 1060. The molecule has 39 heavy (non-hydrogen) atoms. The van der Waals surface area contributed by atoms with E-state index in [9.17, 15) is 4.79 Å². The average Bonchev–Trinajstić information content (AvgIpc) is 3.71. The summed E-state index contributed by atoms with van der Waals surface area (Å²) >= 11 is 9.34. The van der Waals surface area contributed by atoms with Crippen LogP contribution in [0.25, 0.3) is 0 Å². The number of carbonyl (C=O) groups excluding carboxylic acids is 1. The second kappa shape index (κ2) is 14.8. The third-order valence-electron chi connectivity index (χ3n) is 8.20. The highest BCUT2D eigenvalue weighted by Crippen LogP contribution is 2.53. The van der Waals surface area contributed by atoms with Crippen molar-refractivity contribution in [1.82, 2.24) is 16.0 Å². The zero-order chi connectivity index (χ0) is 26.9. The molecule has 2 heterocycles. The van der Waals surface area contributed by atoms with Gasteiger partial charge in [-0.15, -0.1) is 0 Å². The van der Waals surface area contributed by atoms with Crippen LogP contribution in [-0.4, -0.2) is 54.4 Å². The van der Waals surface area contributed by atoms with E-state index in [4.69, 9.17) is 21.4 Å². The quantitative estimate of drug-likeness (QED) is 0.210. The molecule has 9 heteroatoms. The van der Waals surface area contributed by atoms with Gasteiger partial charge in [-0.1, -0.05) is 24.3 Å². The molecule has 3 fully saturated rings. The zero-order valence-electron chi connectivity index (χ0n) is 22.6. The lowest BCUT2D eigenvalue weighted by Crippen LogP contribution is -2.45. The first-order valence-electron chi connectivity index (χ1n) is 14.4. The number of fused-ring (bicyclic) bond motifs is 2. The minimum atomic E-state index is -0.244. The minimum absolute atomic E-state index is 0.0537. The van der Waals surface area contributed by atoms with Crippen LogP contribution in [0.15, 0.2) is 47.1 Å². The molecule has 2 saturated carbocycles. The van der Waals surface area contributed by atoms with Gasteiger partial charge in [-0.25, -0.2) is 0 Å². The van der Waals surface area contributed by atoms with Crippen molar-refractivity contribution in [3.63, 3.8) is 0 Å². The highest BCUT2D eigenvalue weighted by molar-refractivity contribution is 7.98. The summed E-state index contributed by atoms with van der Waals surface area (Å²) in [6.07, 6.45) is 8.23. The van der Waals surface area contributed by atoms with E-state index < -0.39 is 0 Å². The lowest BCUT2D eigenvalue weighted by Gasteiger charge is -2.30. The molecule has 1 aliphatic heterocycles. The first-order valence-corrected chi connectivity index (χ1v) is 17.1. The Morgan fingerprint density at radius 1 is 0.974 bits per heavy atom. The van der Waals surface area contributed by atoms with Gasteiger partial charge in [0.1, 0.15) is 11.9 Å². The molecule has 3 N–H and O–H groups in total. The number of benzene rings is 1. The Kier molecular flexibility index (Phi) is 10.9. The number of thioether (sulfide) groups is 2. The second-order valence-corrected chi connectivity index (χ2v) is 13.5. The predicted octanol–water partition coefficient (Wildman–Crippen LogP) is 5.48. The van der Waals surface area contributed by atoms with Gasteiger partial charge in [0, 0.05) is 43.0 Å². The Balaban J connectivity index is 0.973. The number of amides is 1. The standard InChI is InChI=1S/C30H41N3O3S3/c34-29(28-8-1-2-11-36-28)31-9-13-38-19-21-5-3-6-22(15-21)26-17-24-16-23(26)18-27(24)33-30(37)32-10-14-39-20-25-7-4-12-35-25/h3-7,12,15,23-24,26-28H,1-2,8-11,13-14,16-20H2,(H,31,34)(H2,32,33,37). The van der Waals surface area contributed by atoms with Crippen LogP contribution in [0.5, 0.6) is 0 Å². The summed E-state index contributed by atoms with van der Waals surface area (Å²) < 4.78 is 11.0. The summed E-state index contributed by atoms with van der Waals surface area (Å²) in [4.78, 5) is 12.2. The number of rotatable bonds is 13. The van der Waals surface area contributed by atoms with Crippen molar-refractivity contribution in [3.8, 4) is 0 Å². The maximum Gasteiger partial charge on any atom is 0.249 e. The van der Waals surface area contributed by atoms with Gasteiger partial charge in [-0.2, -0.15) is 23.5 Å². The monoisotopic (exact) mass is 587 g/mol. The third-order valence-corrected chi connectivity index (χ3v) is 10.5. The lowest BCUT2D eigenvalue weighted by molar-refractivity contribution is -0.135. The van der Waals surface area contributed by atoms with Crippen LogP contribution in [-0.2, 0) is 21.0 Å². The first kappa shape index (κ1) is 28.8. The van der Waals surface area contributed by atoms with Gasteiger partial charge < -0.3 is 25.1 Å². The van der Waals surface area contributed by atoms with Crippen molar-refractivity contribution in [2.45, 2.75) is 68.1 Å². The van der Waals surface area contributed by atoms with Crippen molar-refractivity contribution in [2.24, 2.45) is 11.8 Å². The summed E-state index contributed by atoms with van der Waals surface area (Å²) in [5.41, 5.74) is 2.88. The Hall–Kier alpha value is -1.68. The van der Waals surface area contributed by atoms with Crippen molar-refractivity contribution in [2.75, 3.05) is 31.2 Å². The van der Waals surface area contributed by atoms with Gasteiger partial charge in [0.15, 0.2) is 5.11 Å². The van der Waals surface area contributed by atoms with Gasteiger partial charge in [0.05, 0.1) is 12.0 Å². The number of furan rings is 1. The van der Waals surface area contributed by atoms with Crippen LogP contribution in [0.2, 0.25) is 0 Å². The summed E-state index contributed by atoms with van der Waals surface area (Å²) in [6, 6.07) is 13.6. The fourth-order valence-corrected chi connectivity index (χ4v) is 8.11. The molecule has 2 bridgehead atoms. The van der Waals surface area contributed by atoms with Gasteiger partial charge in [0.2, 0.25) is 5.91 Å². The summed E-state index contributed by atoms with van der Waals surface area (Å²) in [5, 5.41) is 10.8. The largest absolute Gasteiger partial charge is 0.468 e. The molecule has 3 aliphatic rings. The van der Waals surface area contributed by atoms with Gasteiger partial charge in [0.25, 0.3) is 0 Å². The molecule has 0 spiro atoms. The third kappa shape index (κ3) is 8.41. The van der Waals surface area contributed by atoms with E-state index >= 15 is 0 Å². The molecule has 1 aromatic heterocycles. The SMILES string of the molecule is O=C(NCCSCc1cccc(C2CC3CC2CC3NC(=S)NCCSCc2ccco2)c1)C1CCCCO1. The first-order chi connectivity index (χ1) is 19.2. The molecule has 0 radical (unpaired) electrons. The number of thiocarbonyl (C=S) groups is 1. The van der Waals surface area contributed by atoms with E-state index in [1.165, 1.54) is 30.4 Å². The predicted molar refractivity (Wildman–Crippen MR) is 165 cm³/mol. The van der Waals surface area contributed by atoms with Gasteiger partial charge in [-0.3, -0.25) is 4.79 Å². The summed E-state index contributed by atoms with van der Waals surface area (Å²) in [6.45, 7) is 2.28. The molecular weight excluding hydrogens is 547 g/mol. The molecule has 1 saturated heterocycles.